The van der Waals surface area contributed by atoms with Crippen LogP contribution in [0.25, 0.3) is 10.9 Å². The Morgan fingerprint density at radius 3 is 2.67 bits per heavy atom. The first kappa shape index (κ1) is 20.8. The molecule has 0 saturated carbocycles. The zero-order chi connectivity index (χ0) is 22.2. The number of benzene rings is 2. The van der Waals surface area contributed by atoms with E-state index < -0.39 is 0 Å². The normalized spacial score (nSPS) is 23.8. The minimum atomic E-state index is -0.280. The number of H-pyrrole nitrogens is 1. The van der Waals surface area contributed by atoms with Crippen LogP contribution in [0, 0.1) is 0 Å². The highest BCUT2D eigenvalue weighted by Gasteiger charge is 2.37. The number of piperazine rings is 1. The number of carbonyl (C=O) groups is 1. The van der Waals surface area contributed by atoms with E-state index in [4.69, 9.17) is 4.74 Å². The number of hydrogen-bond acceptors (Lipinski definition) is 4. The van der Waals surface area contributed by atoms with Gasteiger partial charge in [0.2, 0.25) is 0 Å². The van der Waals surface area contributed by atoms with E-state index in [1.165, 1.54) is 22.2 Å². The number of hydrogen-bond donors (Lipinski definition) is 1. The molecule has 6 nitrogen and oxygen atoms in total. The maximum absolute atomic E-state index is 13.5. The van der Waals surface area contributed by atoms with Gasteiger partial charge in [0.25, 0.3) is 5.91 Å². The molecule has 1 aromatic heterocycles. The van der Waals surface area contributed by atoms with Crippen molar-refractivity contribution in [2.24, 2.45) is 0 Å². The van der Waals surface area contributed by atoms with Crippen LogP contribution in [0.3, 0.4) is 0 Å². The first-order valence-corrected chi connectivity index (χ1v) is 12.3. The maximum atomic E-state index is 13.5. The Morgan fingerprint density at radius 1 is 0.970 bits per heavy atom. The van der Waals surface area contributed by atoms with Crippen molar-refractivity contribution in [3.05, 3.63) is 60.3 Å². The van der Waals surface area contributed by atoms with Crippen molar-refractivity contribution >= 4 is 28.2 Å². The Balaban J connectivity index is 1.17. The third kappa shape index (κ3) is 3.91. The van der Waals surface area contributed by atoms with Gasteiger partial charge in [0.05, 0.1) is 6.04 Å². The highest BCUT2D eigenvalue weighted by Crippen LogP contribution is 2.33. The number of carbonyl (C=O) groups excluding carboxylic acids is 1. The fraction of sp³-hybridized carbons (Fsp3) is 0.444. The van der Waals surface area contributed by atoms with E-state index in [0.717, 1.165) is 64.1 Å². The van der Waals surface area contributed by atoms with Crippen LogP contribution in [-0.4, -0.2) is 67.3 Å². The van der Waals surface area contributed by atoms with Crippen molar-refractivity contribution in [1.82, 2.24) is 9.88 Å². The van der Waals surface area contributed by atoms with Crippen molar-refractivity contribution in [1.29, 1.82) is 0 Å². The second-order valence-corrected chi connectivity index (χ2v) is 9.53. The number of fused-ring (bicyclic) bond motifs is 2. The summed E-state index contributed by atoms with van der Waals surface area (Å²) in [4.78, 5) is 24.0. The maximum Gasteiger partial charge on any atom is 0.256 e. The SMILES string of the molecule is O=C(C1CCCO1)N1c2ccccc2CCC1CN1CCN(c2cccc3[nH]ccc23)CC1. The number of aromatic amines is 1. The lowest BCUT2D eigenvalue weighted by molar-refractivity contribution is -0.128. The molecule has 3 aliphatic heterocycles. The lowest BCUT2D eigenvalue weighted by Crippen LogP contribution is -2.55. The summed E-state index contributed by atoms with van der Waals surface area (Å²) >= 11 is 0. The van der Waals surface area contributed by atoms with Crippen molar-refractivity contribution in [2.45, 2.75) is 37.8 Å². The van der Waals surface area contributed by atoms with Crippen molar-refractivity contribution < 1.29 is 9.53 Å². The van der Waals surface area contributed by atoms with E-state index in [1.54, 1.807) is 0 Å². The van der Waals surface area contributed by atoms with E-state index in [9.17, 15) is 4.79 Å². The van der Waals surface area contributed by atoms with E-state index >= 15 is 0 Å². The minimum Gasteiger partial charge on any atom is -0.368 e. The molecule has 2 saturated heterocycles. The predicted octanol–water partition coefficient (Wildman–Crippen LogP) is 3.82. The molecule has 0 spiro atoms. The van der Waals surface area contributed by atoms with Crippen LogP contribution in [0.5, 0.6) is 0 Å². The van der Waals surface area contributed by atoms with Gasteiger partial charge < -0.3 is 19.5 Å². The molecule has 1 N–H and O–H groups in total. The molecule has 0 aliphatic carbocycles. The second-order valence-electron chi connectivity index (χ2n) is 9.53. The third-order valence-corrected chi connectivity index (χ3v) is 7.56. The van der Waals surface area contributed by atoms with Gasteiger partial charge in [-0.3, -0.25) is 9.69 Å². The zero-order valence-electron chi connectivity index (χ0n) is 19.1. The zero-order valence-corrected chi connectivity index (χ0v) is 19.1. The van der Waals surface area contributed by atoms with Crippen LogP contribution in [0.1, 0.15) is 24.8 Å². The lowest BCUT2D eigenvalue weighted by Gasteiger charge is -2.43. The van der Waals surface area contributed by atoms with Gasteiger partial charge >= 0.3 is 0 Å². The number of nitrogens with one attached hydrogen (secondary N) is 1. The molecule has 172 valence electrons. The van der Waals surface area contributed by atoms with Gasteiger partial charge in [-0.2, -0.15) is 0 Å². The molecule has 33 heavy (non-hydrogen) atoms. The molecule has 4 heterocycles. The van der Waals surface area contributed by atoms with Gasteiger partial charge in [0, 0.05) is 67.8 Å². The molecule has 2 aromatic carbocycles. The summed E-state index contributed by atoms with van der Waals surface area (Å²) in [6, 6.07) is 17.3. The van der Waals surface area contributed by atoms with Crippen molar-refractivity contribution in [3.63, 3.8) is 0 Å². The van der Waals surface area contributed by atoms with E-state index in [-0.39, 0.29) is 18.1 Å². The van der Waals surface area contributed by atoms with Gasteiger partial charge in [-0.1, -0.05) is 24.3 Å². The largest absolute Gasteiger partial charge is 0.368 e. The Hall–Kier alpha value is -2.83. The summed E-state index contributed by atoms with van der Waals surface area (Å²) in [7, 11) is 0. The molecule has 2 atom stereocenters. The van der Waals surface area contributed by atoms with Gasteiger partial charge in [0.1, 0.15) is 6.10 Å². The quantitative estimate of drug-likeness (QED) is 0.665. The number of anilines is 2. The average molecular weight is 445 g/mol. The summed E-state index contributed by atoms with van der Waals surface area (Å²) in [6.07, 6.45) is 5.60. The molecule has 2 unspecified atom stereocenters. The molecular weight excluding hydrogens is 412 g/mol. The van der Waals surface area contributed by atoms with Gasteiger partial charge in [-0.15, -0.1) is 0 Å². The number of amides is 1. The standard InChI is InChI=1S/C27H32N4O2/c32-27(26-9-4-18-33-26)31-21(11-10-20-5-1-2-7-24(20)31)19-29-14-16-30(17-15-29)25-8-3-6-23-22(25)12-13-28-23/h1-3,5-8,12-13,21,26,28H,4,9-11,14-19H2. The highest BCUT2D eigenvalue weighted by atomic mass is 16.5. The Bertz CT molecular complexity index is 1130. The molecule has 2 fully saturated rings. The first-order valence-electron chi connectivity index (χ1n) is 12.3. The monoisotopic (exact) mass is 444 g/mol. The van der Waals surface area contributed by atoms with Gasteiger partial charge in [-0.05, 0) is 55.5 Å². The molecule has 1 amide bonds. The number of rotatable bonds is 4. The molecule has 6 heteroatoms. The summed E-state index contributed by atoms with van der Waals surface area (Å²) in [5.74, 6) is 0.155. The van der Waals surface area contributed by atoms with Crippen molar-refractivity contribution in [3.8, 4) is 0 Å². The Kier molecular flexibility index (Phi) is 5.56. The molecule has 6 rings (SSSR count). The third-order valence-electron chi connectivity index (χ3n) is 7.56. The van der Waals surface area contributed by atoms with E-state index in [1.807, 2.05) is 6.20 Å². The first-order chi connectivity index (χ1) is 16.3. The average Bonchev–Trinajstić information content (AvgIpc) is 3.56. The molecular formula is C27H32N4O2. The van der Waals surface area contributed by atoms with E-state index in [2.05, 4.69) is 68.2 Å². The summed E-state index contributed by atoms with van der Waals surface area (Å²) < 4.78 is 5.80. The van der Waals surface area contributed by atoms with E-state index in [0.29, 0.717) is 6.61 Å². The molecule has 3 aliphatic rings. The van der Waals surface area contributed by atoms with Crippen LogP contribution in [-0.2, 0) is 16.0 Å². The summed E-state index contributed by atoms with van der Waals surface area (Å²) in [6.45, 7) is 5.67. The van der Waals surface area contributed by atoms with Gasteiger partial charge in [0.15, 0.2) is 0 Å². The summed E-state index contributed by atoms with van der Waals surface area (Å²) in [5, 5.41) is 1.29. The van der Waals surface area contributed by atoms with Crippen LogP contribution in [0.15, 0.2) is 54.7 Å². The summed E-state index contributed by atoms with van der Waals surface area (Å²) in [5.41, 5.74) is 4.88. The molecule has 0 radical (unpaired) electrons. The highest BCUT2D eigenvalue weighted by molar-refractivity contribution is 5.98. The van der Waals surface area contributed by atoms with Crippen LogP contribution in [0.4, 0.5) is 11.4 Å². The predicted molar refractivity (Wildman–Crippen MR) is 132 cm³/mol. The number of aromatic nitrogens is 1. The van der Waals surface area contributed by atoms with Crippen LogP contribution >= 0.6 is 0 Å². The molecule has 0 bridgehead atoms. The smallest absolute Gasteiger partial charge is 0.256 e. The Labute approximate surface area is 195 Å². The Morgan fingerprint density at radius 2 is 1.82 bits per heavy atom. The fourth-order valence-corrected chi connectivity index (χ4v) is 5.82. The van der Waals surface area contributed by atoms with Gasteiger partial charge in [-0.25, -0.2) is 0 Å². The second kappa shape index (κ2) is 8.84. The molecule has 3 aromatic rings. The van der Waals surface area contributed by atoms with Crippen LogP contribution < -0.4 is 9.80 Å². The van der Waals surface area contributed by atoms with Crippen LogP contribution in [0.2, 0.25) is 0 Å². The lowest BCUT2D eigenvalue weighted by atomic mass is 9.94. The fourth-order valence-electron chi connectivity index (χ4n) is 5.82. The number of aryl methyl sites for hydroxylation is 1. The number of nitrogens with zero attached hydrogens (tertiary/aromatic N) is 3. The number of para-hydroxylation sites is 1. The topological polar surface area (TPSA) is 51.8 Å². The minimum absolute atomic E-state index is 0.155. The number of ether oxygens (including phenoxy) is 1. The van der Waals surface area contributed by atoms with Crippen molar-refractivity contribution in [2.75, 3.05) is 49.1 Å².